The molecule has 0 aliphatic rings. The highest BCUT2D eigenvalue weighted by Gasteiger charge is 2.11. The van der Waals surface area contributed by atoms with Gasteiger partial charge in [-0.3, -0.25) is 9.59 Å². The molecule has 0 saturated carbocycles. The monoisotopic (exact) mass is 407 g/mol. The van der Waals surface area contributed by atoms with Gasteiger partial charge in [-0.1, -0.05) is 23.9 Å². The molecule has 1 aromatic carbocycles. The number of nitrogens with zero attached hydrogens (tertiary/aromatic N) is 2. The van der Waals surface area contributed by atoms with Gasteiger partial charge in [0, 0.05) is 10.3 Å². The molecule has 1 heterocycles. The summed E-state index contributed by atoms with van der Waals surface area (Å²) in [6, 6.07) is 9.45. The zero-order valence-electron chi connectivity index (χ0n) is 14.1. The average Bonchev–Trinajstić information content (AvgIpc) is 3.07. The van der Waals surface area contributed by atoms with Crippen LogP contribution in [-0.2, 0) is 20.7 Å². The van der Waals surface area contributed by atoms with Crippen LogP contribution in [0.15, 0.2) is 38.9 Å². The number of carbonyl (C=O) groups excluding carboxylic acids is 2. The Morgan fingerprint density at radius 3 is 2.92 bits per heavy atom. The number of nitrogens with one attached hydrogen (secondary N) is 1. The third-order valence-electron chi connectivity index (χ3n) is 2.94. The van der Waals surface area contributed by atoms with Crippen LogP contribution in [0.4, 0.5) is 5.69 Å². The summed E-state index contributed by atoms with van der Waals surface area (Å²) < 4.78 is 5.62. The topological polar surface area (TPSA) is 92.1 Å². The molecule has 0 fully saturated rings. The van der Waals surface area contributed by atoms with Gasteiger partial charge in [0.15, 0.2) is 4.34 Å². The molecule has 1 amide bonds. The van der Waals surface area contributed by atoms with Crippen LogP contribution in [0, 0.1) is 11.3 Å². The number of nitriles is 1. The first kappa shape index (κ1) is 20.3. The van der Waals surface area contributed by atoms with Crippen LogP contribution < -0.4 is 5.32 Å². The molecule has 136 valence electrons. The molecule has 2 aromatic rings. The van der Waals surface area contributed by atoms with Crippen LogP contribution >= 0.6 is 34.9 Å². The van der Waals surface area contributed by atoms with Crippen molar-refractivity contribution >= 4 is 52.4 Å². The van der Waals surface area contributed by atoms with Crippen LogP contribution in [-0.4, -0.2) is 35.0 Å². The molecule has 0 spiro atoms. The van der Waals surface area contributed by atoms with Gasteiger partial charge >= 0.3 is 5.97 Å². The number of benzene rings is 1. The number of hydrogen-bond donors (Lipinski definition) is 1. The van der Waals surface area contributed by atoms with Crippen molar-refractivity contribution in [3.05, 3.63) is 35.3 Å². The molecule has 0 atom stereocenters. The van der Waals surface area contributed by atoms with Crippen molar-refractivity contribution in [2.24, 2.45) is 0 Å². The summed E-state index contributed by atoms with van der Waals surface area (Å²) in [5.74, 6) is 0.0777. The third kappa shape index (κ3) is 6.71. The summed E-state index contributed by atoms with van der Waals surface area (Å²) in [5.41, 5.74) is 1.34. The molecule has 0 bridgehead atoms. The van der Waals surface area contributed by atoms with E-state index in [1.54, 1.807) is 12.3 Å². The number of anilines is 1. The smallest absolute Gasteiger partial charge is 0.311 e. The first-order valence-corrected chi connectivity index (χ1v) is 10.6. The molecule has 6 nitrogen and oxygen atoms in total. The minimum atomic E-state index is -0.307. The van der Waals surface area contributed by atoms with E-state index in [2.05, 4.69) is 16.4 Å². The number of carbonyl (C=O) groups is 2. The van der Waals surface area contributed by atoms with Crippen molar-refractivity contribution in [1.82, 2.24) is 4.98 Å². The first-order chi connectivity index (χ1) is 12.6. The third-order valence-corrected chi connectivity index (χ3v) is 5.95. The van der Waals surface area contributed by atoms with Crippen molar-refractivity contribution in [3.8, 4) is 6.07 Å². The number of hydrogen-bond acceptors (Lipinski definition) is 8. The van der Waals surface area contributed by atoms with Crippen molar-refractivity contribution in [2.75, 3.05) is 23.4 Å². The van der Waals surface area contributed by atoms with Crippen molar-refractivity contribution in [3.63, 3.8) is 0 Å². The van der Waals surface area contributed by atoms with Gasteiger partial charge in [0.2, 0.25) is 5.91 Å². The highest BCUT2D eigenvalue weighted by molar-refractivity contribution is 8.01. The molecule has 0 saturated heterocycles. The van der Waals surface area contributed by atoms with Crippen molar-refractivity contribution < 1.29 is 14.3 Å². The summed E-state index contributed by atoms with van der Waals surface area (Å²) in [7, 11) is 0. The van der Waals surface area contributed by atoms with Gasteiger partial charge in [0.25, 0.3) is 0 Å². The Balaban J connectivity index is 1.85. The maximum atomic E-state index is 12.2. The number of esters is 1. The van der Waals surface area contributed by atoms with E-state index in [4.69, 9.17) is 10.00 Å². The van der Waals surface area contributed by atoms with E-state index in [9.17, 15) is 9.59 Å². The minimum absolute atomic E-state index is 0.139. The number of ether oxygens (including phenoxy) is 1. The Morgan fingerprint density at radius 1 is 1.35 bits per heavy atom. The molecule has 9 heteroatoms. The van der Waals surface area contributed by atoms with Crippen LogP contribution in [0.1, 0.15) is 12.6 Å². The predicted octanol–water partition coefficient (Wildman–Crippen LogP) is 3.60. The van der Waals surface area contributed by atoms with Gasteiger partial charge in [-0.25, -0.2) is 4.98 Å². The van der Waals surface area contributed by atoms with E-state index in [0.29, 0.717) is 23.7 Å². The lowest BCUT2D eigenvalue weighted by Crippen LogP contribution is -2.14. The van der Waals surface area contributed by atoms with Gasteiger partial charge in [-0.05, 0) is 19.1 Å². The van der Waals surface area contributed by atoms with Crippen LogP contribution in [0.25, 0.3) is 0 Å². The fourth-order valence-electron chi connectivity index (χ4n) is 1.92. The Kier molecular flexibility index (Phi) is 8.47. The molecule has 26 heavy (non-hydrogen) atoms. The molecule has 1 aromatic heterocycles. The van der Waals surface area contributed by atoms with E-state index in [-0.39, 0.29) is 24.1 Å². The Hall–Kier alpha value is -2.02. The minimum Gasteiger partial charge on any atom is -0.466 e. The van der Waals surface area contributed by atoms with E-state index < -0.39 is 0 Å². The molecule has 2 rings (SSSR count). The van der Waals surface area contributed by atoms with Crippen LogP contribution in [0.5, 0.6) is 0 Å². The zero-order chi connectivity index (χ0) is 18.8. The van der Waals surface area contributed by atoms with E-state index >= 15 is 0 Å². The second-order valence-electron chi connectivity index (χ2n) is 4.87. The highest BCUT2D eigenvalue weighted by Crippen LogP contribution is 2.27. The number of aromatic nitrogens is 1. The summed E-state index contributed by atoms with van der Waals surface area (Å²) in [6.45, 7) is 2.11. The van der Waals surface area contributed by atoms with Gasteiger partial charge in [0.05, 0.1) is 42.0 Å². The van der Waals surface area contributed by atoms with Crippen LogP contribution in [0.2, 0.25) is 0 Å². The van der Waals surface area contributed by atoms with E-state index in [1.807, 2.05) is 24.3 Å². The summed E-state index contributed by atoms with van der Waals surface area (Å²) in [4.78, 5) is 28.8. The molecule has 0 aliphatic carbocycles. The predicted molar refractivity (Wildman–Crippen MR) is 105 cm³/mol. The Bertz CT molecular complexity index is 802. The summed E-state index contributed by atoms with van der Waals surface area (Å²) in [6.07, 6.45) is 0.139. The highest BCUT2D eigenvalue weighted by atomic mass is 32.2. The van der Waals surface area contributed by atoms with Gasteiger partial charge in [-0.2, -0.15) is 5.26 Å². The molecule has 0 aliphatic heterocycles. The quantitative estimate of drug-likeness (QED) is 0.501. The number of thioether (sulfide) groups is 2. The van der Waals surface area contributed by atoms with Gasteiger partial charge in [-0.15, -0.1) is 23.1 Å². The maximum absolute atomic E-state index is 12.2. The first-order valence-electron chi connectivity index (χ1n) is 7.73. The Labute approximate surface area is 164 Å². The molecular formula is C17H17N3O3S3. The molecular weight excluding hydrogens is 390 g/mol. The van der Waals surface area contributed by atoms with E-state index in [0.717, 1.165) is 9.24 Å². The standard InChI is InChI=1S/C17H17N3O3S3/c1-2-23-16(22)9-12-10-25-17(19-12)26-11-15(21)20-13-5-3-4-6-14(13)24-8-7-18/h3-6,10H,2,8-9,11H2,1H3,(H,20,21). The Morgan fingerprint density at radius 2 is 2.15 bits per heavy atom. The normalized spacial score (nSPS) is 10.2. The van der Waals surface area contributed by atoms with Gasteiger partial charge < -0.3 is 10.1 Å². The second kappa shape index (κ2) is 10.9. The largest absolute Gasteiger partial charge is 0.466 e. The molecule has 1 N–H and O–H groups in total. The summed E-state index contributed by atoms with van der Waals surface area (Å²) in [5, 5.41) is 13.4. The van der Waals surface area contributed by atoms with Crippen molar-refractivity contribution in [2.45, 2.75) is 22.6 Å². The number of thiazole rings is 1. The van der Waals surface area contributed by atoms with E-state index in [1.165, 1.54) is 34.9 Å². The molecule has 0 radical (unpaired) electrons. The fraction of sp³-hybridized carbons (Fsp3) is 0.294. The number of para-hydroxylation sites is 1. The molecule has 0 unspecified atom stereocenters. The maximum Gasteiger partial charge on any atom is 0.311 e. The second-order valence-corrected chi connectivity index (χ2v) is 7.96. The van der Waals surface area contributed by atoms with Crippen LogP contribution in [0.3, 0.4) is 0 Å². The number of rotatable bonds is 9. The summed E-state index contributed by atoms with van der Waals surface area (Å²) >= 11 is 4.09. The average molecular weight is 408 g/mol. The lowest BCUT2D eigenvalue weighted by molar-refractivity contribution is -0.142. The zero-order valence-corrected chi connectivity index (χ0v) is 16.5. The number of amides is 1. The SMILES string of the molecule is CCOC(=O)Cc1csc(SCC(=O)Nc2ccccc2SCC#N)n1. The fourth-order valence-corrected chi connectivity index (χ4v) is 4.23. The van der Waals surface area contributed by atoms with Crippen molar-refractivity contribution in [1.29, 1.82) is 5.26 Å². The lowest BCUT2D eigenvalue weighted by atomic mass is 10.3. The van der Waals surface area contributed by atoms with Gasteiger partial charge in [0.1, 0.15) is 0 Å². The lowest BCUT2D eigenvalue weighted by Gasteiger charge is -2.09.